The van der Waals surface area contributed by atoms with Crippen molar-refractivity contribution in [2.45, 2.75) is 20.4 Å². The maximum atomic E-state index is 5.95. The molecule has 0 N–H and O–H groups in total. The van der Waals surface area contributed by atoms with Gasteiger partial charge in [-0.2, -0.15) is 0 Å². The van der Waals surface area contributed by atoms with E-state index >= 15 is 0 Å². The first-order chi connectivity index (χ1) is 12.6. The van der Waals surface area contributed by atoms with Gasteiger partial charge in [-0.05, 0) is 43.3 Å². The number of nitrogens with zero attached hydrogens (tertiary/aromatic N) is 5. The lowest BCUT2D eigenvalue weighted by Gasteiger charge is -2.34. The van der Waals surface area contributed by atoms with Gasteiger partial charge in [0.1, 0.15) is 11.5 Å². The highest BCUT2D eigenvalue weighted by Crippen LogP contribution is 2.24. The smallest absolute Gasteiger partial charge is 0.226 e. The van der Waals surface area contributed by atoms with Gasteiger partial charge in [0.25, 0.3) is 0 Å². The fourth-order valence-electron chi connectivity index (χ4n) is 3.13. The topological polar surface area (TPSA) is 71.4 Å². The Balaban J connectivity index is 1.41. The van der Waals surface area contributed by atoms with Crippen LogP contribution in [-0.2, 0) is 6.54 Å². The Labute approximate surface area is 156 Å². The standard InChI is InChI=1S/C18H20ClN5O2/c1-12-17(22-26-21-12)24-9-7-23(8-10-24)11-16-13(2)25-18(20-16)14-3-5-15(19)6-4-14/h3-6H,7-11H2,1-2H3. The second-order valence-electron chi connectivity index (χ2n) is 6.47. The SMILES string of the molecule is Cc1nonc1N1CCN(Cc2nc(-c3ccc(Cl)cc3)oc2C)CC1. The molecule has 26 heavy (non-hydrogen) atoms. The third-order valence-electron chi connectivity index (χ3n) is 4.66. The zero-order chi connectivity index (χ0) is 18.1. The Kier molecular flexibility index (Phi) is 4.65. The lowest BCUT2D eigenvalue weighted by atomic mass is 10.2. The van der Waals surface area contributed by atoms with Gasteiger partial charge in [-0.25, -0.2) is 9.61 Å². The van der Waals surface area contributed by atoms with Crippen LogP contribution in [-0.4, -0.2) is 46.4 Å². The van der Waals surface area contributed by atoms with Crippen molar-refractivity contribution in [2.24, 2.45) is 0 Å². The molecule has 4 rings (SSSR count). The van der Waals surface area contributed by atoms with Crippen molar-refractivity contribution in [3.63, 3.8) is 0 Å². The summed E-state index contributed by atoms with van der Waals surface area (Å²) in [4.78, 5) is 9.26. The number of anilines is 1. The highest BCUT2D eigenvalue weighted by atomic mass is 35.5. The van der Waals surface area contributed by atoms with E-state index in [-0.39, 0.29) is 0 Å². The molecule has 1 aliphatic heterocycles. The molecule has 0 atom stereocenters. The number of aromatic nitrogens is 3. The van der Waals surface area contributed by atoms with Gasteiger partial charge in [0.2, 0.25) is 5.89 Å². The van der Waals surface area contributed by atoms with E-state index in [9.17, 15) is 0 Å². The molecule has 7 nitrogen and oxygen atoms in total. The highest BCUT2D eigenvalue weighted by molar-refractivity contribution is 6.30. The molecule has 2 aromatic heterocycles. The molecule has 3 heterocycles. The van der Waals surface area contributed by atoms with Crippen LogP contribution in [0.5, 0.6) is 0 Å². The lowest BCUT2D eigenvalue weighted by molar-refractivity contribution is 0.243. The quantitative estimate of drug-likeness (QED) is 0.694. The summed E-state index contributed by atoms with van der Waals surface area (Å²) in [5, 5.41) is 8.55. The summed E-state index contributed by atoms with van der Waals surface area (Å²) in [6.07, 6.45) is 0. The minimum Gasteiger partial charge on any atom is -0.441 e. The monoisotopic (exact) mass is 373 g/mol. The van der Waals surface area contributed by atoms with Crippen molar-refractivity contribution in [2.75, 3.05) is 31.1 Å². The molecule has 1 aliphatic rings. The summed E-state index contributed by atoms with van der Waals surface area (Å²) in [6, 6.07) is 7.53. The van der Waals surface area contributed by atoms with Crippen LogP contribution >= 0.6 is 11.6 Å². The maximum absolute atomic E-state index is 5.95. The number of halogens is 1. The fourth-order valence-corrected chi connectivity index (χ4v) is 3.26. The molecule has 8 heteroatoms. The van der Waals surface area contributed by atoms with Gasteiger partial charge >= 0.3 is 0 Å². The Hall–Kier alpha value is -2.38. The average Bonchev–Trinajstić information content (AvgIpc) is 3.22. The highest BCUT2D eigenvalue weighted by Gasteiger charge is 2.23. The molecule has 3 aromatic rings. The Bertz CT molecular complexity index is 881. The van der Waals surface area contributed by atoms with E-state index in [1.807, 2.05) is 38.1 Å². The molecule has 0 spiro atoms. The molecule has 1 fully saturated rings. The van der Waals surface area contributed by atoms with Crippen molar-refractivity contribution in [3.8, 4) is 11.5 Å². The molecule has 0 radical (unpaired) electrons. The fraction of sp³-hybridized carbons (Fsp3) is 0.389. The first kappa shape index (κ1) is 17.1. The molecule has 0 bridgehead atoms. The van der Waals surface area contributed by atoms with E-state index in [1.54, 1.807) is 0 Å². The third kappa shape index (κ3) is 3.45. The van der Waals surface area contributed by atoms with Crippen molar-refractivity contribution in [1.29, 1.82) is 0 Å². The van der Waals surface area contributed by atoms with Gasteiger partial charge in [0.15, 0.2) is 5.82 Å². The van der Waals surface area contributed by atoms with Gasteiger partial charge in [0, 0.05) is 43.3 Å². The normalized spacial score (nSPS) is 15.6. The van der Waals surface area contributed by atoms with E-state index in [0.717, 1.165) is 61.3 Å². The Morgan fingerprint density at radius 2 is 1.77 bits per heavy atom. The molecule has 0 aliphatic carbocycles. The Morgan fingerprint density at radius 1 is 1.04 bits per heavy atom. The summed E-state index contributed by atoms with van der Waals surface area (Å²) in [7, 11) is 0. The molecule has 1 saturated heterocycles. The molecule has 136 valence electrons. The van der Waals surface area contributed by atoms with Gasteiger partial charge in [-0.3, -0.25) is 4.90 Å². The van der Waals surface area contributed by atoms with Gasteiger partial charge in [-0.15, -0.1) is 0 Å². The maximum Gasteiger partial charge on any atom is 0.226 e. The molecular formula is C18H20ClN5O2. The van der Waals surface area contributed by atoms with Crippen LogP contribution in [0.25, 0.3) is 11.5 Å². The summed E-state index contributed by atoms with van der Waals surface area (Å²) in [6.45, 7) is 8.26. The largest absolute Gasteiger partial charge is 0.441 e. The van der Waals surface area contributed by atoms with Crippen LogP contribution in [0.4, 0.5) is 5.82 Å². The number of aryl methyl sites for hydroxylation is 2. The van der Waals surface area contributed by atoms with Gasteiger partial charge < -0.3 is 9.32 Å². The van der Waals surface area contributed by atoms with E-state index < -0.39 is 0 Å². The van der Waals surface area contributed by atoms with E-state index in [4.69, 9.17) is 20.6 Å². The van der Waals surface area contributed by atoms with E-state index in [1.165, 1.54) is 0 Å². The number of hydrogen-bond acceptors (Lipinski definition) is 7. The summed E-state index contributed by atoms with van der Waals surface area (Å²) in [5.74, 6) is 2.33. The number of rotatable bonds is 4. The second kappa shape index (κ2) is 7.09. The second-order valence-corrected chi connectivity index (χ2v) is 6.90. The van der Waals surface area contributed by atoms with Crippen molar-refractivity contribution in [1.82, 2.24) is 20.2 Å². The minimum absolute atomic E-state index is 0.636. The van der Waals surface area contributed by atoms with Crippen LogP contribution in [0.2, 0.25) is 5.02 Å². The van der Waals surface area contributed by atoms with Crippen LogP contribution in [0.3, 0.4) is 0 Å². The van der Waals surface area contributed by atoms with E-state index in [2.05, 4.69) is 25.1 Å². The van der Waals surface area contributed by atoms with Crippen molar-refractivity contribution >= 4 is 17.4 Å². The predicted molar refractivity (Wildman–Crippen MR) is 98.2 cm³/mol. The summed E-state index contributed by atoms with van der Waals surface area (Å²) >= 11 is 5.95. The average molecular weight is 374 g/mol. The zero-order valence-corrected chi connectivity index (χ0v) is 15.5. The Morgan fingerprint density at radius 3 is 2.42 bits per heavy atom. The number of hydrogen-bond donors (Lipinski definition) is 0. The zero-order valence-electron chi connectivity index (χ0n) is 14.8. The number of piperazine rings is 1. The number of benzene rings is 1. The minimum atomic E-state index is 0.636. The van der Waals surface area contributed by atoms with Crippen molar-refractivity contribution < 1.29 is 9.05 Å². The van der Waals surface area contributed by atoms with E-state index in [0.29, 0.717) is 10.9 Å². The van der Waals surface area contributed by atoms with Crippen LogP contribution in [0, 0.1) is 13.8 Å². The van der Waals surface area contributed by atoms with Gasteiger partial charge in [0.05, 0.1) is 5.69 Å². The molecule has 1 aromatic carbocycles. The molecule has 0 amide bonds. The number of oxazole rings is 1. The van der Waals surface area contributed by atoms with Crippen LogP contribution < -0.4 is 4.90 Å². The summed E-state index contributed by atoms with van der Waals surface area (Å²) in [5.41, 5.74) is 2.74. The van der Waals surface area contributed by atoms with Crippen LogP contribution in [0.1, 0.15) is 17.1 Å². The van der Waals surface area contributed by atoms with Crippen molar-refractivity contribution in [3.05, 3.63) is 46.4 Å². The molecule has 0 unspecified atom stereocenters. The first-order valence-corrected chi connectivity index (χ1v) is 8.96. The first-order valence-electron chi connectivity index (χ1n) is 8.59. The molecule has 0 saturated carbocycles. The lowest BCUT2D eigenvalue weighted by Crippen LogP contribution is -2.46. The summed E-state index contributed by atoms with van der Waals surface area (Å²) < 4.78 is 10.7. The van der Waals surface area contributed by atoms with Crippen LogP contribution in [0.15, 0.2) is 33.3 Å². The predicted octanol–water partition coefficient (Wildman–Crippen LogP) is 3.32. The molecular weight excluding hydrogens is 354 g/mol. The van der Waals surface area contributed by atoms with Gasteiger partial charge in [-0.1, -0.05) is 16.8 Å². The third-order valence-corrected chi connectivity index (χ3v) is 4.91.